The predicted molar refractivity (Wildman–Crippen MR) is 116 cm³/mol. The molecule has 158 valence electrons. The number of aliphatic imine (C=N–C) groups is 2. The molecule has 2 aliphatic rings. The number of halogens is 2. The lowest BCUT2D eigenvalue weighted by atomic mass is 10.2. The number of hydrogen-bond acceptors (Lipinski definition) is 7. The maximum atomic E-state index is 13.1. The third-order valence-corrected chi connectivity index (χ3v) is 5.50. The van der Waals surface area contributed by atoms with Crippen molar-refractivity contribution >= 4 is 29.6 Å². The van der Waals surface area contributed by atoms with Crippen molar-refractivity contribution in [2.24, 2.45) is 9.98 Å². The molecular formula is C21H23ClFN5O2. The minimum Gasteiger partial charge on any atom is -0.495 e. The quantitative estimate of drug-likeness (QED) is 0.806. The number of piperazine rings is 1. The van der Waals surface area contributed by atoms with Gasteiger partial charge in [0.15, 0.2) is 0 Å². The molecule has 0 saturated carbocycles. The van der Waals surface area contributed by atoms with Gasteiger partial charge in [0, 0.05) is 38.4 Å². The van der Waals surface area contributed by atoms with Crippen molar-refractivity contribution in [3.8, 4) is 5.75 Å². The summed E-state index contributed by atoms with van der Waals surface area (Å²) < 4.78 is 18.4. The molecule has 9 heteroatoms. The Morgan fingerprint density at radius 3 is 2.47 bits per heavy atom. The van der Waals surface area contributed by atoms with E-state index >= 15 is 0 Å². The van der Waals surface area contributed by atoms with Gasteiger partial charge >= 0.3 is 0 Å². The summed E-state index contributed by atoms with van der Waals surface area (Å²) in [6.07, 6.45) is 0.592. The number of ether oxygens (including phenoxy) is 1. The molecule has 30 heavy (non-hydrogen) atoms. The SMILES string of the molecule is COc1cc(CN2C=NC(N3CCN(c4ccc(F)cc4)CC3)=NC2O)ccc1Cl. The van der Waals surface area contributed by atoms with Crippen LogP contribution in [0.15, 0.2) is 52.4 Å². The van der Waals surface area contributed by atoms with E-state index in [4.69, 9.17) is 16.3 Å². The fourth-order valence-corrected chi connectivity index (χ4v) is 3.71. The highest BCUT2D eigenvalue weighted by Gasteiger charge is 2.24. The molecule has 0 aliphatic carbocycles. The third-order valence-electron chi connectivity index (χ3n) is 5.18. The van der Waals surface area contributed by atoms with Crippen molar-refractivity contribution in [3.05, 3.63) is 58.9 Å². The zero-order chi connectivity index (χ0) is 21.1. The van der Waals surface area contributed by atoms with Gasteiger partial charge in [-0.25, -0.2) is 9.38 Å². The Kier molecular flexibility index (Phi) is 6.06. The number of aliphatic hydroxyl groups excluding tert-OH is 1. The minimum absolute atomic E-state index is 0.237. The average molecular weight is 432 g/mol. The summed E-state index contributed by atoms with van der Waals surface area (Å²) in [4.78, 5) is 14.7. The van der Waals surface area contributed by atoms with Crippen LogP contribution in [0.5, 0.6) is 5.75 Å². The molecule has 7 nitrogen and oxygen atoms in total. The minimum atomic E-state index is -1.02. The van der Waals surface area contributed by atoms with Gasteiger partial charge in [-0.3, -0.25) is 0 Å². The van der Waals surface area contributed by atoms with Crippen LogP contribution in [0.4, 0.5) is 10.1 Å². The number of hydrogen-bond donors (Lipinski definition) is 1. The smallest absolute Gasteiger partial charge is 0.230 e. The van der Waals surface area contributed by atoms with Gasteiger partial charge in [0.05, 0.1) is 18.5 Å². The molecule has 1 saturated heterocycles. The Bertz CT molecular complexity index is 945. The molecule has 1 fully saturated rings. The summed E-state index contributed by atoms with van der Waals surface area (Å²) in [5.74, 6) is 0.867. The zero-order valence-corrected chi connectivity index (χ0v) is 17.3. The Morgan fingerprint density at radius 2 is 1.80 bits per heavy atom. The number of rotatable bonds is 4. The van der Waals surface area contributed by atoms with E-state index in [1.807, 2.05) is 17.0 Å². The molecule has 0 bridgehead atoms. The number of methoxy groups -OCH3 is 1. The highest BCUT2D eigenvalue weighted by atomic mass is 35.5. The molecule has 1 unspecified atom stereocenters. The van der Waals surface area contributed by atoms with Gasteiger partial charge in [0.2, 0.25) is 12.3 Å². The van der Waals surface area contributed by atoms with Crippen LogP contribution in [-0.2, 0) is 6.54 Å². The van der Waals surface area contributed by atoms with E-state index in [0.717, 1.165) is 24.3 Å². The third kappa shape index (κ3) is 4.49. The number of nitrogens with zero attached hydrogens (tertiary/aromatic N) is 5. The average Bonchev–Trinajstić information content (AvgIpc) is 2.77. The molecule has 0 spiro atoms. The summed E-state index contributed by atoms with van der Waals surface area (Å²) in [6, 6.07) is 12.0. The van der Waals surface area contributed by atoms with Crippen LogP contribution < -0.4 is 9.64 Å². The fourth-order valence-electron chi connectivity index (χ4n) is 3.51. The van der Waals surface area contributed by atoms with Crippen LogP contribution in [0.1, 0.15) is 5.56 Å². The Labute approximate surface area is 179 Å². The maximum Gasteiger partial charge on any atom is 0.230 e. The molecule has 0 amide bonds. The molecule has 4 rings (SSSR count). The van der Waals surface area contributed by atoms with E-state index in [2.05, 4.69) is 14.9 Å². The lowest BCUT2D eigenvalue weighted by Gasteiger charge is -2.38. The van der Waals surface area contributed by atoms with Crippen LogP contribution in [0.2, 0.25) is 5.02 Å². The second-order valence-corrected chi connectivity index (χ2v) is 7.52. The molecule has 2 aromatic rings. The van der Waals surface area contributed by atoms with E-state index < -0.39 is 6.35 Å². The number of guanidine groups is 1. The van der Waals surface area contributed by atoms with Crippen molar-refractivity contribution in [1.29, 1.82) is 0 Å². The highest BCUT2D eigenvalue weighted by Crippen LogP contribution is 2.26. The Hall–Kier alpha value is -2.84. The van der Waals surface area contributed by atoms with Crippen molar-refractivity contribution in [2.75, 3.05) is 38.2 Å². The molecule has 2 heterocycles. The lowest BCUT2D eigenvalue weighted by molar-refractivity contribution is 0.0566. The number of benzene rings is 2. The standard InChI is InChI=1S/C21H23ClFN5O2/c1-30-19-12-15(2-7-18(19)22)13-28-14-24-20(25-21(28)29)27-10-8-26(9-11-27)17-5-3-16(23)4-6-17/h2-7,12,14,21,29H,8-11,13H2,1H3. The molecule has 0 radical (unpaired) electrons. The topological polar surface area (TPSA) is 63.9 Å². The highest BCUT2D eigenvalue weighted by molar-refractivity contribution is 6.32. The molecule has 1 N–H and O–H groups in total. The van der Waals surface area contributed by atoms with E-state index in [-0.39, 0.29) is 5.82 Å². The summed E-state index contributed by atoms with van der Waals surface area (Å²) in [6.45, 7) is 3.39. The zero-order valence-electron chi connectivity index (χ0n) is 16.6. The first-order valence-corrected chi connectivity index (χ1v) is 10.0. The van der Waals surface area contributed by atoms with Gasteiger partial charge in [-0.2, -0.15) is 4.99 Å². The predicted octanol–water partition coefficient (Wildman–Crippen LogP) is 2.79. The van der Waals surface area contributed by atoms with Crippen molar-refractivity contribution < 1.29 is 14.2 Å². The molecule has 1 atom stereocenters. The molecule has 2 aromatic carbocycles. The summed E-state index contributed by atoms with van der Waals surface area (Å²) in [5, 5.41) is 11.0. The van der Waals surface area contributed by atoms with Crippen LogP contribution in [-0.4, -0.2) is 66.8 Å². The van der Waals surface area contributed by atoms with E-state index in [1.165, 1.54) is 12.1 Å². The van der Waals surface area contributed by atoms with Gasteiger partial charge in [-0.05, 0) is 42.0 Å². The van der Waals surface area contributed by atoms with Crippen LogP contribution in [0, 0.1) is 5.82 Å². The fraction of sp³-hybridized carbons (Fsp3) is 0.333. The van der Waals surface area contributed by atoms with E-state index in [0.29, 0.717) is 36.4 Å². The summed E-state index contributed by atoms with van der Waals surface area (Å²) >= 11 is 6.07. The maximum absolute atomic E-state index is 13.1. The summed E-state index contributed by atoms with van der Waals surface area (Å²) in [5.41, 5.74) is 1.92. The van der Waals surface area contributed by atoms with E-state index in [9.17, 15) is 9.50 Å². The first-order valence-electron chi connectivity index (χ1n) is 9.67. The van der Waals surface area contributed by atoms with Gasteiger partial charge < -0.3 is 24.5 Å². The molecule has 0 aromatic heterocycles. The van der Waals surface area contributed by atoms with Crippen molar-refractivity contribution in [3.63, 3.8) is 0 Å². The second kappa shape index (κ2) is 8.89. The molecule has 2 aliphatic heterocycles. The second-order valence-electron chi connectivity index (χ2n) is 7.11. The van der Waals surface area contributed by atoms with Crippen molar-refractivity contribution in [1.82, 2.24) is 9.80 Å². The first-order chi connectivity index (χ1) is 14.5. The van der Waals surface area contributed by atoms with Gasteiger partial charge in [0.1, 0.15) is 11.6 Å². The van der Waals surface area contributed by atoms with Crippen LogP contribution >= 0.6 is 11.6 Å². The Morgan fingerprint density at radius 1 is 1.10 bits per heavy atom. The van der Waals surface area contributed by atoms with Crippen molar-refractivity contribution in [2.45, 2.75) is 12.9 Å². The largest absolute Gasteiger partial charge is 0.495 e. The monoisotopic (exact) mass is 431 g/mol. The first kappa shape index (κ1) is 20.4. The normalized spacial score (nSPS) is 19.1. The molecular weight excluding hydrogens is 409 g/mol. The van der Waals surface area contributed by atoms with Crippen LogP contribution in [0.25, 0.3) is 0 Å². The Balaban J connectivity index is 1.35. The summed E-state index contributed by atoms with van der Waals surface area (Å²) in [7, 11) is 1.56. The van der Waals surface area contributed by atoms with Gasteiger partial charge in [0.25, 0.3) is 0 Å². The number of aliphatic hydroxyl groups is 1. The number of anilines is 1. The van der Waals surface area contributed by atoms with E-state index in [1.54, 1.807) is 36.5 Å². The van der Waals surface area contributed by atoms with Gasteiger partial charge in [-0.15, -0.1) is 0 Å². The van der Waals surface area contributed by atoms with Crippen LogP contribution in [0.3, 0.4) is 0 Å². The van der Waals surface area contributed by atoms with Gasteiger partial charge in [-0.1, -0.05) is 17.7 Å². The lowest BCUT2D eigenvalue weighted by Crippen LogP contribution is -2.50.